The van der Waals surface area contributed by atoms with Crippen LogP contribution in [0.25, 0.3) is 0 Å². The highest BCUT2D eigenvalue weighted by Gasteiger charge is 2.28. The van der Waals surface area contributed by atoms with E-state index in [0.29, 0.717) is 12.0 Å². The Morgan fingerprint density at radius 3 is 2.70 bits per heavy atom. The molecule has 1 aromatic heterocycles. The maximum Gasteiger partial charge on any atom is 0.255 e. The molecule has 1 fully saturated rings. The predicted octanol–water partition coefficient (Wildman–Crippen LogP) is 2.37. The first-order chi connectivity index (χ1) is 9.45. The Kier molecular flexibility index (Phi) is 4.53. The zero-order chi connectivity index (χ0) is 14.9. The van der Waals surface area contributed by atoms with E-state index in [1.54, 1.807) is 0 Å². The fraction of sp³-hybridized carbons (Fsp3) is 0.688. The molecule has 1 atom stereocenters. The molecule has 1 aromatic rings. The first kappa shape index (κ1) is 15.1. The standard InChI is InChI=1S/C16H27N3O/c1-11(2)19-12(3)8-15(13(19)4)16(20)18-7-6-14(10-18)9-17-5/h8,11,14,17H,6-7,9-10H2,1-5H3. The zero-order valence-corrected chi connectivity index (χ0v) is 13.4. The predicted molar refractivity (Wildman–Crippen MR) is 82.2 cm³/mol. The smallest absolute Gasteiger partial charge is 0.255 e. The molecule has 112 valence electrons. The molecule has 1 amide bonds. The minimum atomic E-state index is 0.198. The third-order valence-corrected chi connectivity index (χ3v) is 4.30. The van der Waals surface area contributed by atoms with Gasteiger partial charge in [-0.05, 0) is 59.7 Å². The minimum Gasteiger partial charge on any atom is -0.346 e. The molecule has 4 nitrogen and oxygen atoms in total. The molecule has 0 bridgehead atoms. The minimum absolute atomic E-state index is 0.198. The largest absolute Gasteiger partial charge is 0.346 e. The molecule has 2 heterocycles. The van der Waals surface area contributed by atoms with Crippen molar-refractivity contribution < 1.29 is 4.79 Å². The quantitative estimate of drug-likeness (QED) is 0.917. The summed E-state index contributed by atoms with van der Waals surface area (Å²) < 4.78 is 2.24. The van der Waals surface area contributed by atoms with Crippen LogP contribution >= 0.6 is 0 Å². The number of amides is 1. The van der Waals surface area contributed by atoms with E-state index >= 15 is 0 Å². The Balaban J connectivity index is 2.16. The molecule has 0 aromatic carbocycles. The second kappa shape index (κ2) is 6.00. The van der Waals surface area contributed by atoms with Gasteiger partial charge in [-0.3, -0.25) is 4.79 Å². The Labute approximate surface area is 122 Å². The Bertz CT molecular complexity index is 490. The van der Waals surface area contributed by atoms with E-state index < -0.39 is 0 Å². The highest BCUT2D eigenvalue weighted by Crippen LogP contribution is 2.24. The van der Waals surface area contributed by atoms with Gasteiger partial charge in [-0.1, -0.05) is 0 Å². The van der Waals surface area contributed by atoms with Gasteiger partial charge in [0.1, 0.15) is 0 Å². The summed E-state index contributed by atoms with van der Waals surface area (Å²) in [6, 6.07) is 2.44. The zero-order valence-electron chi connectivity index (χ0n) is 13.4. The van der Waals surface area contributed by atoms with Gasteiger partial charge in [-0.2, -0.15) is 0 Å². The van der Waals surface area contributed by atoms with Crippen molar-refractivity contribution in [3.8, 4) is 0 Å². The molecule has 2 rings (SSSR count). The van der Waals surface area contributed by atoms with Crippen LogP contribution in [-0.2, 0) is 0 Å². The maximum absolute atomic E-state index is 12.7. The number of aromatic nitrogens is 1. The lowest BCUT2D eigenvalue weighted by Gasteiger charge is -2.18. The fourth-order valence-electron chi connectivity index (χ4n) is 3.43. The normalized spacial score (nSPS) is 19.1. The maximum atomic E-state index is 12.7. The van der Waals surface area contributed by atoms with Crippen molar-refractivity contribution in [1.82, 2.24) is 14.8 Å². The van der Waals surface area contributed by atoms with E-state index in [1.807, 2.05) is 18.0 Å². The van der Waals surface area contributed by atoms with Crippen LogP contribution in [-0.4, -0.2) is 42.1 Å². The lowest BCUT2D eigenvalue weighted by molar-refractivity contribution is 0.0786. The van der Waals surface area contributed by atoms with Crippen molar-refractivity contribution in [2.45, 2.75) is 40.2 Å². The lowest BCUT2D eigenvalue weighted by atomic mass is 10.1. The van der Waals surface area contributed by atoms with Crippen LogP contribution in [0.1, 0.15) is 48.1 Å². The molecule has 0 spiro atoms. The van der Waals surface area contributed by atoms with Crippen molar-refractivity contribution >= 4 is 5.91 Å². The van der Waals surface area contributed by atoms with Crippen LogP contribution in [0.3, 0.4) is 0 Å². The number of aryl methyl sites for hydroxylation is 1. The van der Waals surface area contributed by atoms with Gasteiger partial charge in [0.05, 0.1) is 5.56 Å². The van der Waals surface area contributed by atoms with Crippen LogP contribution in [0.15, 0.2) is 6.07 Å². The Hall–Kier alpha value is -1.29. The number of likely N-dealkylation sites (tertiary alicyclic amines) is 1. The van der Waals surface area contributed by atoms with Gasteiger partial charge in [-0.15, -0.1) is 0 Å². The molecule has 1 aliphatic rings. The highest BCUT2D eigenvalue weighted by molar-refractivity contribution is 5.96. The molecular formula is C16H27N3O. The van der Waals surface area contributed by atoms with Crippen LogP contribution in [0, 0.1) is 19.8 Å². The first-order valence-electron chi connectivity index (χ1n) is 7.58. The van der Waals surface area contributed by atoms with Gasteiger partial charge in [0, 0.05) is 30.5 Å². The topological polar surface area (TPSA) is 37.3 Å². The fourth-order valence-corrected chi connectivity index (χ4v) is 3.43. The van der Waals surface area contributed by atoms with Gasteiger partial charge in [0.15, 0.2) is 0 Å². The second-order valence-corrected chi connectivity index (χ2v) is 6.21. The van der Waals surface area contributed by atoms with E-state index in [2.05, 4.69) is 37.6 Å². The lowest BCUT2D eigenvalue weighted by Crippen LogP contribution is -2.30. The number of hydrogen-bond donors (Lipinski definition) is 1. The molecule has 1 N–H and O–H groups in total. The number of hydrogen-bond acceptors (Lipinski definition) is 2. The number of carbonyl (C=O) groups is 1. The number of carbonyl (C=O) groups excluding carboxylic acids is 1. The summed E-state index contributed by atoms with van der Waals surface area (Å²) in [5.41, 5.74) is 3.15. The van der Waals surface area contributed by atoms with E-state index in [1.165, 1.54) is 5.69 Å². The molecule has 1 unspecified atom stereocenters. The Morgan fingerprint density at radius 2 is 2.15 bits per heavy atom. The molecular weight excluding hydrogens is 250 g/mol. The van der Waals surface area contributed by atoms with Crippen molar-refractivity contribution in [3.63, 3.8) is 0 Å². The van der Waals surface area contributed by atoms with Gasteiger partial charge in [0.25, 0.3) is 5.91 Å². The first-order valence-corrected chi connectivity index (χ1v) is 7.58. The third kappa shape index (κ3) is 2.75. The van der Waals surface area contributed by atoms with Crippen molar-refractivity contribution in [2.75, 3.05) is 26.7 Å². The van der Waals surface area contributed by atoms with Gasteiger partial charge >= 0.3 is 0 Å². The van der Waals surface area contributed by atoms with Crippen LogP contribution < -0.4 is 5.32 Å². The van der Waals surface area contributed by atoms with Gasteiger partial charge in [0.2, 0.25) is 0 Å². The summed E-state index contributed by atoms with van der Waals surface area (Å²) in [6.07, 6.45) is 1.11. The summed E-state index contributed by atoms with van der Waals surface area (Å²) >= 11 is 0. The number of nitrogens with zero attached hydrogens (tertiary/aromatic N) is 2. The SMILES string of the molecule is CNCC1CCN(C(=O)c2cc(C)n(C(C)C)c2C)C1. The summed E-state index contributed by atoms with van der Waals surface area (Å²) in [6.45, 7) is 11.2. The van der Waals surface area contributed by atoms with Crippen molar-refractivity contribution in [1.29, 1.82) is 0 Å². The van der Waals surface area contributed by atoms with E-state index in [9.17, 15) is 4.79 Å². The molecule has 1 saturated heterocycles. The summed E-state index contributed by atoms with van der Waals surface area (Å²) in [4.78, 5) is 14.7. The molecule has 0 aliphatic carbocycles. The summed E-state index contributed by atoms with van der Waals surface area (Å²) in [5.74, 6) is 0.793. The van der Waals surface area contributed by atoms with Crippen molar-refractivity contribution in [2.24, 2.45) is 5.92 Å². The van der Waals surface area contributed by atoms with Gasteiger partial charge in [-0.25, -0.2) is 0 Å². The van der Waals surface area contributed by atoms with Crippen LogP contribution in [0.2, 0.25) is 0 Å². The number of rotatable bonds is 4. The third-order valence-electron chi connectivity index (χ3n) is 4.30. The van der Waals surface area contributed by atoms with Crippen molar-refractivity contribution in [3.05, 3.63) is 23.0 Å². The van der Waals surface area contributed by atoms with Crippen LogP contribution in [0.5, 0.6) is 0 Å². The van der Waals surface area contributed by atoms with E-state index in [-0.39, 0.29) is 5.91 Å². The molecule has 0 saturated carbocycles. The summed E-state index contributed by atoms with van der Waals surface area (Å²) in [7, 11) is 1.97. The summed E-state index contributed by atoms with van der Waals surface area (Å²) in [5, 5.41) is 3.21. The average Bonchev–Trinajstić information content (AvgIpc) is 2.94. The molecule has 0 radical (unpaired) electrons. The van der Waals surface area contributed by atoms with Crippen LogP contribution in [0.4, 0.5) is 0 Å². The average molecular weight is 277 g/mol. The van der Waals surface area contributed by atoms with E-state index in [0.717, 1.165) is 37.3 Å². The number of nitrogens with one attached hydrogen (secondary N) is 1. The molecule has 20 heavy (non-hydrogen) atoms. The van der Waals surface area contributed by atoms with Gasteiger partial charge < -0.3 is 14.8 Å². The van der Waals surface area contributed by atoms with E-state index in [4.69, 9.17) is 0 Å². The highest BCUT2D eigenvalue weighted by atomic mass is 16.2. The second-order valence-electron chi connectivity index (χ2n) is 6.21. The molecule has 1 aliphatic heterocycles. The molecule has 4 heteroatoms. The monoisotopic (exact) mass is 277 g/mol. The Morgan fingerprint density at radius 1 is 1.45 bits per heavy atom.